The standard InChI is InChI=1S/C21H17ClN4S/c22-18-10-3-4-11-19(18)23-21(27)24-20-12-13-26(25-20)14-16-8-5-7-15-6-1-2-9-17(15)16/h1-13H,14H2,(H2,23,24,25,27). The van der Waals surface area contributed by atoms with Crippen molar-refractivity contribution in [2.75, 3.05) is 10.6 Å². The molecule has 1 aromatic heterocycles. The molecule has 0 unspecified atom stereocenters. The number of hydrogen-bond donors (Lipinski definition) is 2. The average molecular weight is 393 g/mol. The molecule has 0 atom stereocenters. The van der Waals surface area contributed by atoms with E-state index < -0.39 is 0 Å². The van der Waals surface area contributed by atoms with E-state index in [2.05, 4.69) is 58.2 Å². The van der Waals surface area contributed by atoms with Gasteiger partial charge in [-0.3, -0.25) is 4.68 Å². The summed E-state index contributed by atoms with van der Waals surface area (Å²) in [7, 11) is 0. The van der Waals surface area contributed by atoms with E-state index in [0.717, 1.165) is 5.69 Å². The lowest BCUT2D eigenvalue weighted by atomic mass is 10.0. The number of nitrogens with one attached hydrogen (secondary N) is 2. The molecule has 0 fully saturated rings. The van der Waals surface area contributed by atoms with Crippen molar-refractivity contribution in [3.63, 3.8) is 0 Å². The second-order valence-electron chi connectivity index (χ2n) is 6.10. The summed E-state index contributed by atoms with van der Waals surface area (Å²) in [6, 6.07) is 24.0. The van der Waals surface area contributed by atoms with Gasteiger partial charge in [0.05, 0.1) is 17.3 Å². The largest absolute Gasteiger partial charge is 0.331 e. The second kappa shape index (κ2) is 7.78. The Morgan fingerprint density at radius 2 is 1.70 bits per heavy atom. The lowest BCUT2D eigenvalue weighted by Crippen LogP contribution is -2.19. The molecule has 0 aliphatic carbocycles. The summed E-state index contributed by atoms with van der Waals surface area (Å²) in [5.74, 6) is 0.680. The van der Waals surface area contributed by atoms with Crippen LogP contribution in [0.15, 0.2) is 79.0 Å². The minimum atomic E-state index is 0.443. The van der Waals surface area contributed by atoms with E-state index in [4.69, 9.17) is 23.8 Å². The van der Waals surface area contributed by atoms with Gasteiger partial charge in [0.2, 0.25) is 0 Å². The molecule has 4 rings (SSSR count). The zero-order chi connectivity index (χ0) is 18.6. The van der Waals surface area contributed by atoms with E-state index in [-0.39, 0.29) is 0 Å². The molecule has 0 aliphatic heterocycles. The van der Waals surface area contributed by atoms with Crippen LogP contribution in [-0.4, -0.2) is 14.9 Å². The number of hydrogen-bond acceptors (Lipinski definition) is 2. The van der Waals surface area contributed by atoms with Crippen molar-refractivity contribution < 1.29 is 0 Å². The van der Waals surface area contributed by atoms with E-state index in [1.54, 1.807) is 0 Å². The minimum Gasteiger partial charge on any atom is -0.331 e. The van der Waals surface area contributed by atoms with Crippen molar-refractivity contribution in [2.24, 2.45) is 0 Å². The van der Waals surface area contributed by atoms with Crippen LogP contribution in [0.3, 0.4) is 0 Å². The summed E-state index contributed by atoms with van der Waals surface area (Å²) in [6.45, 7) is 0.688. The molecule has 2 N–H and O–H groups in total. The third kappa shape index (κ3) is 4.10. The first-order valence-corrected chi connectivity index (χ1v) is 9.30. The Hall–Kier alpha value is -2.89. The first-order chi connectivity index (χ1) is 13.2. The van der Waals surface area contributed by atoms with Gasteiger partial charge >= 0.3 is 0 Å². The summed E-state index contributed by atoms with van der Waals surface area (Å²) in [6.07, 6.45) is 1.93. The van der Waals surface area contributed by atoms with E-state index >= 15 is 0 Å². The van der Waals surface area contributed by atoms with Gasteiger partial charge in [-0.1, -0.05) is 66.2 Å². The number of halogens is 1. The highest BCUT2D eigenvalue weighted by Gasteiger charge is 2.06. The van der Waals surface area contributed by atoms with Crippen LogP contribution in [0.5, 0.6) is 0 Å². The molecule has 3 aromatic carbocycles. The topological polar surface area (TPSA) is 41.9 Å². The Labute approximate surface area is 167 Å². The van der Waals surface area contributed by atoms with Gasteiger partial charge in [0, 0.05) is 12.3 Å². The van der Waals surface area contributed by atoms with Crippen LogP contribution in [0, 0.1) is 0 Å². The maximum Gasteiger partial charge on any atom is 0.176 e. The fraction of sp³-hybridized carbons (Fsp3) is 0.0476. The van der Waals surface area contributed by atoms with E-state index in [1.165, 1.54) is 16.3 Å². The molecule has 0 aliphatic rings. The first kappa shape index (κ1) is 17.5. The zero-order valence-corrected chi connectivity index (χ0v) is 16.0. The number of fused-ring (bicyclic) bond motifs is 1. The Morgan fingerprint density at radius 3 is 2.59 bits per heavy atom. The molecule has 27 heavy (non-hydrogen) atoms. The third-order valence-electron chi connectivity index (χ3n) is 4.22. The lowest BCUT2D eigenvalue weighted by molar-refractivity contribution is 0.693. The van der Waals surface area contributed by atoms with Crippen LogP contribution in [0.4, 0.5) is 11.5 Å². The van der Waals surface area contributed by atoms with Gasteiger partial charge in [0.1, 0.15) is 0 Å². The molecule has 4 nitrogen and oxygen atoms in total. The molecule has 0 spiro atoms. The summed E-state index contributed by atoms with van der Waals surface area (Å²) in [5.41, 5.74) is 1.98. The van der Waals surface area contributed by atoms with Crippen LogP contribution in [0.1, 0.15) is 5.56 Å². The maximum atomic E-state index is 6.14. The van der Waals surface area contributed by atoms with Crippen LogP contribution < -0.4 is 10.6 Å². The van der Waals surface area contributed by atoms with Crippen LogP contribution in [0.25, 0.3) is 10.8 Å². The van der Waals surface area contributed by atoms with Crippen LogP contribution >= 0.6 is 23.8 Å². The molecular formula is C21H17ClN4S. The van der Waals surface area contributed by atoms with Crippen molar-refractivity contribution in [2.45, 2.75) is 6.54 Å². The van der Waals surface area contributed by atoms with Gasteiger partial charge in [-0.05, 0) is 40.7 Å². The molecule has 134 valence electrons. The Kier molecular flexibility index (Phi) is 5.05. The smallest absolute Gasteiger partial charge is 0.176 e. The highest BCUT2D eigenvalue weighted by Crippen LogP contribution is 2.21. The van der Waals surface area contributed by atoms with Crippen molar-refractivity contribution in [3.8, 4) is 0 Å². The number of para-hydroxylation sites is 1. The summed E-state index contributed by atoms with van der Waals surface area (Å²) < 4.78 is 1.89. The molecular weight excluding hydrogens is 376 g/mol. The van der Waals surface area contributed by atoms with Crippen molar-refractivity contribution >= 4 is 51.2 Å². The van der Waals surface area contributed by atoms with Crippen LogP contribution in [-0.2, 0) is 6.54 Å². The summed E-state index contributed by atoms with van der Waals surface area (Å²) >= 11 is 11.5. The van der Waals surface area contributed by atoms with Crippen molar-refractivity contribution in [1.29, 1.82) is 0 Å². The number of anilines is 2. The van der Waals surface area contributed by atoms with E-state index in [0.29, 0.717) is 22.5 Å². The lowest BCUT2D eigenvalue weighted by Gasteiger charge is -2.10. The number of benzene rings is 3. The summed E-state index contributed by atoms with van der Waals surface area (Å²) in [5, 5.41) is 14.3. The number of aromatic nitrogens is 2. The SMILES string of the molecule is S=C(Nc1ccn(Cc2cccc3ccccc23)n1)Nc1ccccc1Cl. The van der Waals surface area contributed by atoms with Gasteiger partial charge < -0.3 is 10.6 Å². The second-order valence-corrected chi connectivity index (χ2v) is 6.91. The predicted octanol–water partition coefficient (Wildman–Crippen LogP) is 5.55. The van der Waals surface area contributed by atoms with Gasteiger partial charge in [-0.2, -0.15) is 5.10 Å². The Bertz CT molecular complexity index is 1100. The fourth-order valence-corrected chi connectivity index (χ4v) is 3.35. The van der Waals surface area contributed by atoms with Crippen LogP contribution in [0.2, 0.25) is 5.02 Å². The first-order valence-electron chi connectivity index (χ1n) is 8.52. The molecule has 0 radical (unpaired) electrons. The van der Waals surface area contributed by atoms with Gasteiger partial charge in [0.25, 0.3) is 0 Å². The molecule has 4 aromatic rings. The predicted molar refractivity (Wildman–Crippen MR) is 117 cm³/mol. The van der Waals surface area contributed by atoms with Crippen molar-refractivity contribution in [3.05, 3.63) is 89.6 Å². The van der Waals surface area contributed by atoms with Crippen molar-refractivity contribution in [1.82, 2.24) is 9.78 Å². The molecule has 0 amide bonds. The number of thiocarbonyl (C=S) groups is 1. The van der Waals surface area contributed by atoms with Gasteiger partial charge in [-0.15, -0.1) is 0 Å². The van der Waals surface area contributed by atoms with E-state index in [1.807, 2.05) is 41.2 Å². The zero-order valence-electron chi connectivity index (χ0n) is 14.4. The molecule has 0 saturated heterocycles. The molecule has 0 bridgehead atoms. The molecule has 0 saturated carbocycles. The van der Waals surface area contributed by atoms with E-state index in [9.17, 15) is 0 Å². The number of nitrogens with zero attached hydrogens (tertiary/aromatic N) is 2. The van der Waals surface area contributed by atoms with Gasteiger partial charge in [0.15, 0.2) is 10.9 Å². The highest BCUT2D eigenvalue weighted by molar-refractivity contribution is 7.80. The highest BCUT2D eigenvalue weighted by atomic mass is 35.5. The monoisotopic (exact) mass is 392 g/mol. The molecule has 1 heterocycles. The Morgan fingerprint density at radius 1 is 0.926 bits per heavy atom. The quantitative estimate of drug-likeness (QED) is 0.447. The normalized spacial score (nSPS) is 10.7. The average Bonchev–Trinajstić information content (AvgIpc) is 3.11. The fourth-order valence-electron chi connectivity index (χ4n) is 2.95. The Balaban J connectivity index is 1.45. The maximum absolute atomic E-state index is 6.14. The summed E-state index contributed by atoms with van der Waals surface area (Å²) in [4.78, 5) is 0. The van der Waals surface area contributed by atoms with Gasteiger partial charge in [-0.25, -0.2) is 0 Å². The molecule has 6 heteroatoms. The number of rotatable bonds is 4. The minimum absolute atomic E-state index is 0.443. The third-order valence-corrected chi connectivity index (χ3v) is 4.75.